The predicted molar refractivity (Wildman–Crippen MR) is 77.0 cm³/mol. The van der Waals surface area contributed by atoms with Gasteiger partial charge in [-0.2, -0.15) is 0 Å². The number of rotatable bonds is 5. The zero-order chi connectivity index (χ0) is 15.5. The second kappa shape index (κ2) is 7.37. The van der Waals surface area contributed by atoms with Gasteiger partial charge in [-0.15, -0.1) is 0 Å². The molecule has 1 heterocycles. The van der Waals surface area contributed by atoms with Gasteiger partial charge in [0.2, 0.25) is 0 Å². The molecule has 1 saturated heterocycles. The van der Waals surface area contributed by atoms with Gasteiger partial charge in [0.1, 0.15) is 0 Å². The average molecular weight is 513 g/mol. The van der Waals surface area contributed by atoms with Gasteiger partial charge in [-0.3, -0.25) is 0 Å². The van der Waals surface area contributed by atoms with Crippen LogP contribution in [0.15, 0.2) is 30.3 Å². The Hall–Kier alpha value is -0.217. The van der Waals surface area contributed by atoms with E-state index < -0.39 is 51.1 Å². The quantitative estimate of drug-likeness (QED) is 0.445. The summed E-state index contributed by atoms with van der Waals surface area (Å²) in [5, 5.41) is 0. The number of benzene rings is 1. The van der Waals surface area contributed by atoms with E-state index in [0.29, 0.717) is 0 Å². The average Bonchev–Trinajstić information content (AvgIpc) is 2.64. The fourth-order valence-corrected chi connectivity index (χ4v) is 4.93. The third kappa shape index (κ3) is 4.16. The Labute approximate surface area is 135 Å². The molecule has 21 heavy (non-hydrogen) atoms. The van der Waals surface area contributed by atoms with Gasteiger partial charge in [0.15, 0.2) is 0 Å². The first-order valence-corrected chi connectivity index (χ1v) is 10.2. The molecule has 0 saturated carbocycles. The maximum absolute atomic E-state index is 14.0. The SMILES string of the molecule is C[C@@H]1O[C@H](COP)C(O[C](=O)[Bi][c]2ccccc2)C1(F)F. The standard InChI is InChI=1S/C7H10F2O4P.C6H5.Bi/c1-4-7(8,9)6(11-3-10)5(13-4)2-12-14;1-2-4-6-5-3-1;/h4-6H,2,14H2,1H3;1-5H;/t4-,5+,6?;;/m0../s1. The molecule has 0 amide bonds. The van der Waals surface area contributed by atoms with E-state index in [0.717, 1.165) is 3.27 Å². The van der Waals surface area contributed by atoms with Crippen molar-refractivity contribution in [2.45, 2.75) is 31.2 Å². The van der Waals surface area contributed by atoms with Crippen LogP contribution in [0.3, 0.4) is 0 Å². The van der Waals surface area contributed by atoms with Crippen molar-refractivity contribution in [3.63, 3.8) is 0 Å². The van der Waals surface area contributed by atoms with Gasteiger partial charge in [0, 0.05) is 0 Å². The van der Waals surface area contributed by atoms with E-state index >= 15 is 0 Å². The Morgan fingerprint density at radius 2 is 2.10 bits per heavy atom. The van der Waals surface area contributed by atoms with Crippen LogP contribution in [0.25, 0.3) is 0 Å². The van der Waals surface area contributed by atoms with Crippen LogP contribution in [0.2, 0.25) is 0 Å². The Morgan fingerprint density at radius 3 is 2.71 bits per heavy atom. The van der Waals surface area contributed by atoms with Crippen molar-refractivity contribution in [2.75, 3.05) is 6.61 Å². The first kappa shape index (κ1) is 17.1. The minimum atomic E-state index is -3.21. The van der Waals surface area contributed by atoms with E-state index in [1.54, 1.807) is 0 Å². The Kier molecular flexibility index (Phi) is 6.01. The van der Waals surface area contributed by atoms with Crippen molar-refractivity contribution in [1.82, 2.24) is 0 Å². The van der Waals surface area contributed by atoms with E-state index in [9.17, 15) is 13.6 Å². The molecule has 1 aromatic carbocycles. The number of alkyl halides is 2. The Balaban J connectivity index is 2.03. The van der Waals surface area contributed by atoms with Crippen molar-refractivity contribution < 1.29 is 27.6 Å². The first-order valence-electron chi connectivity index (χ1n) is 6.27. The number of hydrogen-bond acceptors (Lipinski definition) is 4. The Bertz CT molecular complexity index is 488. The summed E-state index contributed by atoms with van der Waals surface area (Å²) in [6.45, 7) is 1.20. The molecule has 1 radical (unpaired) electrons. The summed E-state index contributed by atoms with van der Waals surface area (Å²) < 4.78 is 43.4. The molecule has 1 fully saturated rings. The van der Waals surface area contributed by atoms with Gasteiger partial charge < -0.3 is 0 Å². The third-order valence-electron chi connectivity index (χ3n) is 3.10. The van der Waals surface area contributed by atoms with Crippen molar-refractivity contribution in [3.05, 3.63) is 30.3 Å². The molecule has 1 aliphatic heterocycles. The van der Waals surface area contributed by atoms with Crippen LogP contribution in [0.4, 0.5) is 13.6 Å². The zero-order valence-electron chi connectivity index (χ0n) is 11.2. The summed E-state index contributed by atoms with van der Waals surface area (Å²) in [7, 11) is 1.98. The van der Waals surface area contributed by atoms with E-state index in [2.05, 4.69) is 0 Å². The van der Waals surface area contributed by atoms with Crippen LogP contribution in [-0.4, -0.2) is 57.8 Å². The number of ether oxygens (including phenoxy) is 2. The molecule has 1 aromatic rings. The molecule has 1 aliphatic rings. The van der Waals surface area contributed by atoms with Crippen LogP contribution in [-0.2, 0) is 14.0 Å². The van der Waals surface area contributed by atoms with Gasteiger partial charge in [0.05, 0.1) is 0 Å². The molecule has 2 rings (SSSR count). The van der Waals surface area contributed by atoms with E-state index in [4.69, 9.17) is 14.0 Å². The van der Waals surface area contributed by atoms with Gasteiger partial charge >= 0.3 is 135 Å². The van der Waals surface area contributed by atoms with Crippen LogP contribution in [0.5, 0.6) is 0 Å². The molecule has 0 bridgehead atoms. The maximum atomic E-state index is 14.0. The second-order valence-electron chi connectivity index (χ2n) is 4.58. The molecule has 0 N–H and O–H groups in total. The molecule has 2 unspecified atom stereocenters. The number of halogens is 2. The zero-order valence-corrected chi connectivity index (χ0v) is 15.9. The van der Waals surface area contributed by atoms with Crippen molar-refractivity contribution in [3.8, 4) is 0 Å². The molecule has 0 aliphatic carbocycles. The van der Waals surface area contributed by atoms with Crippen LogP contribution >= 0.6 is 9.47 Å². The van der Waals surface area contributed by atoms with Crippen molar-refractivity contribution >= 4 is 39.7 Å². The summed E-state index contributed by atoms with van der Waals surface area (Å²) in [4.78, 5) is 11.9. The van der Waals surface area contributed by atoms with E-state index in [1.165, 1.54) is 6.92 Å². The van der Waals surface area contributed by atoms with Crippen molar-refractivity contribution in [1.29, 1.82) is 0 Å². The normalized spacial score (nSPS) is 27.5. The summed E-state index contributed by atoms with van der Waals surface area (Å²) in [5.74, 6) is -3.21. The molecule has 0 spiro atoms. The summed E-state index contributed by atoms with van der Waals surface area (Å²) in [6.07, 6.45) is -3.84. The molecular weight excluding hydrogens is 498 g/mol. The predicted octanol–water partition coefficient (Wildman–Crippen LogP) is 1.75. The van der Waals surface area contributed by atoms with Crippen LogP contribution in [0.1, 0.15) is 6.92 Å². The molecule has 115 valence electrons. The van der Waals surface area contributed by atoms with E-state index in [1.807, 2.05) is 39.8 Å². The molecule has 4 atom stereocenters. The fraction of sp³-hybridized carbons (Fsp3) is 0.462. The topological polar surface area (TPSA) is 44.8 Å². The number of carbonyl (C=O) groups is 1. The third-order valence-corrected chi connectivity index (χ3v) is 6.58. The summed E-state index contributed by atoms with van der Waals surface area (Å²) >= 11 is -1.83. The summed E-state index contributed by atoms with van der Waals surface area (Å²) in [6, 6.07) is 9.09. The molecule has 8 heteroatoms. The van der Waals surface area contributed by atoms with Crippen LogP contribution in [0, 0.1) is 0 Å². The molecular formula is C13H15BiF2O4P. The molecule has 0 aromatic heterocycles. The van der Waals surface area contributed by atoms with Gasteiger partial charge in [-0.05, 0) is 0 Å². The van der Waals surface area contributed by atoms with Crippen LogP contribution < -0.4 is 3.27 Å². The monoisotopic (exact) mass is 513 g/mol. The molecule has 4 nitrogen and oxygen atoms in total. The van der Waals surface area contributed by atoms with Gasteiger partial charge in [-0.1, -0.05) is 0 Å². The van der Waals surface area contributed by atoms with Crippen molar-refractivity contribution in [2.24, 2.45) is 0 Å². The van der Waals surface area contributed by atoms with Gasteiger partial charge in [-0.25, -0.2) is 0 Å². The van der Waals surface area contributed by atoms with Gasteiger partial charge in [0.25, 0.3) is 0 Å². The minimum absolute atomic E-state index is 0.0693. The van der Waals surface area contributed by atoms with E-state index in [-0.39, 0.29) is 6.61 Å². The Morgan fingerprint density at radius 1 is 1.43 bits per heavy atom. The number of hydrogen-bond donors (Lipinski definition) is 0. The number of carbonyl (C=O) groups excluding carboxylic acids is 1. The summed E-state index contributed by atoms with van der Waals surface area (Å²) in [5.41, 5.74) is 0. The first-order chi connectivity index (χ1) is 9.95. The second-order valence-corrected chi connectivity index (χ2v) is 9.21. The fourth-order valence-electron chi connectivity index (χ4n) is 2.02.